The number of hydrogen-bond donors (Lipinski definition) is 0. The minimum Gasteiger partial charge on any atom is -0.308 e. The molecule has 4 heteroatoms. The van der Waals surface area contributed by atoms with E-state index in [0.29, 0.717) is 5.56 Å². The van der Waals surface area contributed by atoms with Crippen LogP contribution in [0, 0.1) is 11.3 Å². The largest absolute Gasteiger partial charge is 0.308 e. The Labute approximate surface area is 410 Å². The molecule has 0 saturated carbocycles. The summed E-state index contributed by atoms with van der Waals surface area (Å²) in [6.07, 6.45) is 0. The fourth-order valence-electron chi connectivity index (χ4n) is 11.5. The van der Waals surface area contributed by atoms with E-state index in [-0.39, 0.29) is 0 Å². The van der Waals surface area contributed by atoms with E-state index < -0.39 is 0 Å². The second-order valence-corrected chi connectivity index (χ2v) is 18.3. The Kier molecular flexibility index (Phi) is 9.23. The Balaban J connectivity index is 1.31. The van der Waals surface area contributed by atoms with Crippen molar-refractivity contribution in [3.8, 4) is 67.6 Å². The van der Waals surface area contributed by atoms with E-state index in [0.717, 1.165) is 127 Å². The molecule has 0 aliphatic carbocycles. The number of rotatable bonds is 7. The van der Waals surface area contributed by atoms with Crippen molar-refractivity contribution >= 4 is 65.4 Å². The molecule has 0 aliphatic heterocycles. The highest BCUT2D eigenvalue weighted by Gasteiger charge is 2.33. The summed E-state index contributed by atoms with van der Waals surface area (Å²) in [6, 6.07) is 94.2. The van der Waals surface area contributed by atoms with E-state index in [1.807, 2.05) is 0 Å². The molecule has 0 spiro atoms. The van der Waals surface area contributed by atoms with Crippen molar-refractivity contribution in [2.75, 3.05) is 0 Å². The summed E-state index contributed by atoms with van der Waals surface area (Å²) in [4.78, 5) is 0. The SMILES string of the molecule is N#Cc1c(-n2c3ccccc3c3ccccc32)c(-c2ccccc2)c(-n2c3cc(-c4ccccc4)ccc3c3ccc(-c4ccccc4)cc32)c(-c2ccccc2)c1-n1c2ccccc2c2ccccc21. The Bertz CT molecular complexity index is 4060. The van der Waals surface area contributed by atoms with Gasteiger partial charge >= 0.3 is 0 Å². The normalized spacial score (nSPS) is 11.6. The van der Waals surface area contributed by atoms with E-state index in [4.69, 9.17) is 0 Å². The number of hydrogen-bond acceptors (Lipinski definition) is 1. The molecule has 0 radical (unpaired) electrons. The lowest BCUT2D eigenvalue weighted by molar-refractivity contribution is 1.09. The fraction of sp³-hybridized carbons (Fsp3) is 0. The molecule has 11 aromatic carbocycles. The average Bonchev–Trinajstić information content (AvgIpc) is 4.08. The topological polar surface area (TPSA) is 38.6 Å². The lowest BCUT2D eigenvalue weighted by atomic mass is 9.88. The van der Waals surface area contributed by atoms with Crippen LogP contribution in [0.5, 0.6) is 0 Å². The third-order valence-electron chi connectivity index (χ3n) is 14.5. The number of nitrogens with zero attached hydrogens (tertiary/aromatic N) is 4. The molecule has 71 heavy (non-hydrogen) atoms. The van der Waals surface area contributed by atoms with Crippen molar-refractivity contribution in [1.82, 2.24) is 13.7 Å². The smallest absolute Gasteiger partial charge is 0.104 e. The van der Waals surface area contributed by atoms with Gasteiger partial charge in [-0.1, -0.05) is 218 Å². The van der Waals surface area contributed by atoms with Gasteiger partial charge in [0, 0.05) is 43.4 Å². The van der Waals surface area contributed by atoms with E-state index in [9.17, 15) is 5.26 Å². The van der Waals surface area contributed by atoms with Crippen molar-refractivity contribution < 1.29 is 0 Å². The van der Waals surface area contributed by atoms with Crippen LogP contribution < -0.4 is 0 Å². The summed E-state index contributed by atoms with van der Waals surface area (Å²) in [5, 5.41) is 19.2. The highest BCUT2D eigenvalue weighted by Crippen LogP contribution is 2.52. The summed E-state index contributed by atoms with van der Waals surface area (Å²) in [7, 11) is 0. The molecule has 14 rings (SSSR count). The fourth-order valence-corrected chi connectivity index (χ4v) is 11.5. The molecule has 0 amide bonds. The molecule has 4 nitrogen and oxygen atoms in total. The number of aromatic nitrogens is 3. The predicted molar refractivity (Wildman–Crippen MR) is 296 cm³/mol. The summed E-state index contributed by atoms with van der Waals surface area (Å²) in [6.45, 7) is 0. The first kappa shape index (κ1) is 40.4. The van der Waals surface area contributed by atoms with Crippen molar-refractivity contribution in [3.63, 3.8) is 0 Å². The lowest BCUT2D eigenvalue weighted by Crippen LogP contribution is -2.13. The molecular weight excluding hydrogens is 861 g/mol. The Morgan fingerprint density at radius 2 is 0.521 bits per heavy atom. The van der Waals surface area contributed by atoms with Gasteiger partial charge in [0.1, 0.15) is 11.6 Å². The average molecular weight is 903 g/mol. The maximum Gasteiger partial charge on any atom is 0.104 e. The monoisotopic (exact) mass is 902 g/mol. The number of benzene rings is 11. The number of fused-ring (bicyclic) bond motifs is 9. The van der Waals surface area contributed by atoms with E-state index in [2.05, 4.69) is 275 Å². The van der Waals surface area contributed by atoms with E-state index in [1.54, 1.807) is 0 Å². The summed E-state index contributed by atoms with van der Waals surface area (Å²) in [5.41, 5.74) is 17.8. The van der Waals surface area contributed by atoms with Gasteiger partial charge in [-0.3, -0.25) is 0 Å². The summed E-state index contributed by atoms with van der Waals surface area (Å²) in [5.74, 6) is 0. The molecule has 3 aromatic heterocycles. The number of para-hydroxylation sites is 4. The highest BCUT2D eigenvalue weighted by atomic mass is 15.1. The lowest BCUT2D eigenvalue weighted by Gasteiger charge is -2.28. The van der Waals surface area contributed by atoms with Crippen LogP contribution in [0.1, 0.15) is 5.56 Å². The maximum absolute atomic E-state index is 12.4. The Morgan fingerprint density at radius 3 is 0.859 bits per heavy atom. The zero-order valence-corrected chi connectivity index (χ0v) is 38.5. The van der Waals surface area contributed by atoms with Crippen molar-refractivity contribution in [3.05, 3.63) is 260 Å². The van der Waals surface area contributed by atoms with Gasteiger partial charge in [0.15, 0.2) is 0 Å². The molecule has 0 bridgehead atoms. The van der Waals surface area contributed by atoms with Gasteiger partial charge in [0.05, 0.1) is 50.2 Å². The number of nitriles is 1. The zero-order valence-electron chi connectivity index (χ0n) is 38.5. The minimum atomic E-state index is 0.570. The first-order valence-corrected chi connectivity index (χ1v) is 24.2. The van der Waals surface area contributed by atoms with Gasteiger partial charge in [0.2, 0.25) is 0 Å². The van der Waals surface area contributed by atoms with Crippen LogP contribution in [0.25, 0.3) is 127 Å². The van der Waals surface area contributed by atoms with Gasteiger partial charge in [-0.2, -0.15) is 5.26 Å². The highest BCUT2D eigenvalue weighted by molar-refractivity contribution is 6.17. The second kappa shape index (κ2) is 16.2. The van der Waals surface area contributed by atoms with Crippen LogP contribution in [0.15, 0.2) is 255 Å². The zero-order chi connectivity index (χ0) is 47.0. The van der Waals surface area contributed by atoms with Gasteiger partial charge in [-0.15, -0.1) is 0 Å². The van der Waals surface area contributed by atoms with E-state index in [1.165, 1.54) is 0 Å². The van der Waals surface area contributed by atoms with Crippen LogP contribution in [0.2, 0.25) is 0 Å². The molecule has 0 fully saturated rings. The van der Waals surface area contributed by atoms with Gasteiger partial charge in [-0.25, -0.2) is 0 Å². The van der Waals surface area contributed by atoms with Crippen molar-refractivity contribution in [2.24, 2.45) is 0 Å². The molecule has 14 aromatic rings. The minimum absolute atomic E-state index is 0.570. The van der Waals surface area contributed by atoms with Crippen LogP contribution >= 0.6 is 0 Å². The Morgan fingerprint density at radius 1 is 0.239 bits per heavy atom. The molecule has 0 atom stereocenters. The van der Waals surface area contributed by atoms with Crippen molar-refractivity contribution in [2.45, 2.75) is 0 Å². The summed E-state index contributed by atoms with van der Waals surface area (Å²) < 4.78 is 7.28. The molecular formula is C67H42N4. The molecule has 0 aliphatic rings. The predicted octanol–water partition coefficient (Wildman–Crippen LogP) is 17.5. The molecule has 3 heterocycles. The maximum atomic E-state index is 12.4. The third-order valence-corrected chi connectivity index (χ3v) is 14.5. The van der Waals surface area contributed by atoms with Gasteiger partial charge in [-0.05, 0) is 69.8 Å². The summed E-state index contributed by atoms with van der Waals surface area (Å²) >= 11 is 0. The van der Waals surface area contributed by atoms with Crippen molar-refractivity contribution in [1.29, 1.82) is 5.26 Å². The van der Waals surface area contributed by atoms with Gasteiger partial charge in [0.25, 0.3) is 0 Å². The molecule has 330 valence electrons. The van der Waals surface area contributed by atoms with Crippen LogP contribution in [-0.2, 0) is 0 Å². The van der Waals surface area contributed by atoms with Crippen LogP contribution in [-0.4, -0.2) is 13.7 Å². The molecule has 0 N–H and O–H groups in total. The standard InChI is InChI=1S/C67H42N4/c68-43-56-65(69-57-33-17-13-29-50(57)51-30-14-18-34-58(51)69)63(46-25-9-3-10-26-46)67(64(47-27-11-4-12-28-47)66(56)70-59-35-19-15-31-52(59)53-32-16-20-36-60(53)70)71-61-41-48(44-21-5-1-6-22-44)37-39-54(61)55-40-38-49(42-62(55)71)45-23-7-2-8-24-45/h1-42H. The van der Waals surface area contributed by atoms with Crippen LogP contribution in [0.3, 0.4) is 0 Å². The first-order chi connectivity index (χ1) is 35.2. The molecule has 0 unspecified atom stereocenters. The third kappa shape index (κ3) is 6.17. The van der Waals surface area contributed by atoms with E-state index >= 15 is 0 Å². The van der Waals surface area contributed by atoms with Crippen LogP contribution in [0.4, 0.5) is 0 Å². The quantitative estimate of drug-likeness (QED) is 0.157. The first-order valence-electron chi connectivity index (χ1n) is 24.2. The van der Waals surface area contributed by atoms with Gasteiger partial charge < -0.3 is 13.7 Å². The second-order valence-electron chi connectivity index (χ2n) is 18.3. The Hall–Kier alpha value is -9.69. The molecule has 0 saturated heterocycles.